The van der Waals surface area contributed by atoms with Crippen molar-refractivity contribution in [3.05, 3.63) is 41.7 Å². The third-order valence-electron chi connectivity index (χ3n) is 2.67. The van der Waals surface area contributed by atoms with Crippen molar-refractivity contribution in [1.29, 1.82) is 0 Å². The van der Waals surface area contributed by atoms with Gasteiger partial charge in [0.1, 0.15) is 5.69 Å². The summed E-state index contributed by atoms with van der Waals surface area (Å²) < 4.78 is 1.53. The predicted molar refractivity (Wildman–Crippen MR) is 65.4 cm³/mol. The van der Waals surface area contributed by atoms with Gasteiger partial charge >= 0.3 is 0 Å². The third-order valence-corrected chi connectivity index (χ3v) is 2.67. The Labute approximate surface area is 100 Å². The molecular formula is C13H15N3O. The van der Waals surface area contributed by atoms with Crippen LogP contribution >= 0.6 is 0 Å². The molecule has 4 heteroatoms. The van der Waals surface area contributed by atoms with Crippen molar-refractivity contribution in [3.8, 4) is 5.69 Å². The molecule has 0 radical (unpaired) electrons. The molecule has 0 saturated heterocycles. The van der Waals surface area contributed by atoms with Crippen LogP contribution in [0.3, 0.4) is 0 Å². The first kappa shape index (κ1) is 11.5. The first-order chi connectivity index (χ1) is 8.02. The van der Waals surface area contributed by atoms with Crippen molar-refractivity contribution in [3.63, 3.8) is 0 Å². The van der Waals surface area contributed by atoms with Crippen LogP contribution in [0.15, 0.2) is 30.5 Å². The Morgan fingerprint density at radius 3 is 2.35 bits per heavy atom. The first-order valence-corrected chi connectivity index (χ1v) is 5.49. The summed E-state index contributed by atoms with van der Waals surface area (Å²) in [5.74, 6) is 0. The predicted octanol–water partition coefficient (Wildman–Crippen LogP) is 2.38. The Balaban J connectivity index is 2.39. The monoisotopic (exact) mass is 229 g/mol. The van der Waals surface area contributed by atoms with E-state index in [0.29, 0.717) is 5.69 Å². The number of carbonyl (C=O) groups excluding carboxylic acids is 1. The molecule has 2 rings (SSSR count). The van der Waals surface area contributed by atoms with Crippen LogP contribution in [-0.4, -0.2) is 21.3 Å². The zero-order valence-corrected chi connectivity index (χ0v) is 10.2. The van der Waals surface area contributed by atoms with E-state index in [1.807, 2.05) is 24.3 Å². The Morgan fingerprint density at radius 1 is 1.18 bits per heavy atom. The standard InChI is InChI=1S/C13H15N3O/c1-13(2,3)10-4-6-11(7-5-10)16-12(9-17)8-14-15-16/h4-9H,1-3H3. The van der Waals surface area contributed by atoms with E-state index < -0.39 is 0 Å². The number of hydrogen-bond acceptors (Lipinski definition) is 3. The fraction of sp³-hybridized carbons (Fsp3) is 0.308. The SMILES string of the molecule is CC(C)(C)c1ccc(-n2nncc2C=O)cc1. The summed E-state index contributed by atoms with van der Waals surface area (Å²) in [6.07, 6.45) is 2.20. The Morgan fingerprint density at radius 2 is 1.82 bits per heavy atom. The van der Waals surface area contributed by atoms with Crippen molar-refractivity contribution in [1.82, 2.24) is 15.0 Å². The highest BCUT2D eigenvalue weighted by Crippen LogP contribution is 2.23. The number of benzene rings is 1. The summed E-state index contributed by atoms with van der Waals surface area (Å²) in [5, 5.41) is 7.61. The quantitative estimate of drug-likeness (QED) is 0.743. The maximum Gasteiger partial charge on any atom is 0.170 e. The summed E-state index contributed by atoms with van der Waals surface area (Å²) in [5.41, 5.74) is 2.66. The highest BCUT2D eigenvalue weighted by molar-refractivity contribution is 5.72. The van der Waals surface area contributed by atoms with Crippen molar-refractivity contribution < 1.29 is 4.79 Å². The van der Waals surface area contributed by atoms with Crippen LogP contribution in [0.5, 0.6) is 0 Å². The minimum atomic E-state index is 0.119. The normalized spacial score (nSPS) is 11.5. The van der Waals surface area contributed by atoms with Crippen molar-refractivity contribution in [2.45, 2.75) is 26.2 Å². The van der Waals surface area contributed by atoms with Crippen LogP contribution in [0, 0.1) is 0 Å². The van der Waals surface area contributed by atoms with Crippen LogP contribution in [0.25, 0.3) is 5.69 Å². The van der Waals surface area contributed by atoms with Gasteiger partial charge < -0.3 is 0 Å². The lowest BCUT2D eigenvalue weighted by Crippen LogP contribution is -2.11. The number of aldehydes is 1. The van der Waals surface area contributed by atoms with Crippen molar-refractivity contribution in [2.75, 3.05) is 0 Å². The molecular weight excluding hydrogens is 214 g/mol. The lowest BCUT2D eigenvalue weighted by Gasteiger charge is -2.19. The van der Waals surface area contributed by atoms with E-state index in [2.05, 4.69) is 31.1 Å². The van der Waals surface area contributed by atoms with Gasteiger partial charge in [0, 0.05) is 0 Å². The fourth-order valence-electron chi connectivity index (χ4n) is 1.63. The van der Waals surface area contributed by atoms with E-state index in [9.17, 15) is 4.79 Å². The first-order valence-electron chi connectivity index (χ1n) is 5.49. The Kier molecular flexibility index (Phi) is 2.79. The maximum atomic E-state index is 10.8. The lowest BCUT2D eigenvalue weighted by atomic mass is 9.87. The number of nitrogens with zero attached hydrogens (tertiary/aromatic N) is 3. The van der Waals surface area contributed by atoms with Gasteiger partial charge in [-0.15, -0.1) is 5.10 Å². The smallest absolute Gasteiger partial charge is 0.170 e. The molecule has 0 aliphatic carbocycles. The lowest BCUT2D eigenvalue weighted by molar-refractivity contribution is 0.111. The number of rotatable bonds is 2. The Hall–Kier alpha value is -1.97. The van der Waals surface area contributed by atoms with E-state index in [4.69, 9.17) is 0 Å². The van der Waals surface area contributed by atoms with Crippen LogP contribution in [-0.2, 0) is 5.41 Å². The van der Waals surface area contributed by atoms with Gasteiger partial charge in [-0.25, -0.2) is 4.68 Å². The minimum Gasteiger partial charge on any atom is -0.296 e. The molecule has 0 aliphatic rings. The van der Waals surface area contributed by atoms with Gasteiger partial charge in [-0.2, -0.15) is 0 Å². The van der Waals surface area contributed by atoms with Crippen LogP contribution in [0.1, 0.15) is 36.8 Å². The van der Waals surface area contributed by atoms with E-state index in [-0.39, 0.29) is 5.41 Å². The van der Waals surface area contributed by atoms with Gasteiger partial charge in [-0.3, -0.25) is 4.79 Å². The number of aromatic nitrogens is 3. The summed E-state index contributed by atoms with van der Waals surface area (Å²) in [6, 6.07) is 7.99. The molecule has 0 spiro atoms. The largest absolute Gasteiger partial charge is 0.296 e. The maximum absolute atomic E-state index is 10.8. The summed E-state index contributed by atoms with van der Waals surface area (Å²) in [6.45, 7) is 6.48. The topological polar surface area (TPSA) is 47.8 Å². The van der Waals surface area contributed by atoms with Gasteiger partial charge in [0.25, 0.3) is 0 Å². The molecule has 2 aromatic rings. The van der Waals surface area contributed by atoms with Gasteiger partial charge in [0.15, 0.2) is 6.29 Å². The minimum absolute atomic E-state index is 0.119. The highest BCUT2D eigenvalue weighted by atomic mass is 16.1. The molecule has 0 saturated carbocycles. The van der Waals surface area contributed by atoms with Gasteiger partial charge in [0.2, 0.25) is 0 Å². The second-order valence-corrected chi connectivity index (χ2v) is 4.99. The van der Waals surface area contributed by atoms with Gasteiger partial charge in [0.05, 0.1) is 11.9 Å². The summed E-state index contributed by atoms with van der Waals surface area (Å²) in [4.78, 5) is 10.8. The highest BCUT2D eigenvalue weighted by Gasteiger charge is 2.13. The van der Waals surface area contributed by atoms with Gasteiger partial charge in [-0.05, 0) is 23.1 Å². The van der Waals surface area contributed by atoms with Crippen LogP contribution < -0.4 is 0 Å². The van der Waals surface area contributed by atoms with Crippen molar-refractivity contribution in [2.24, 2.45) is 0 Å². The van der Waals surface area contributed by atoms with E-state index in [0.717, 1.165) is 12.0 Å². The summed E-state index contributed by atoms with van der Waals surface area (Å²) in [7, 11) is 0. The average Bonchev–Trinajstić information content (AvgIpc) is 2.76. The summed E-state index contributed by atoms with van der Waals surface area (Å²) >= 11 is 0. The van der Waals surface area contributed by atoms with Gasteiger partial charge in [-0.1, -0.05) is 38.1 Å². The number of carbonyl (C=O) groups is 1. The molecule has 17 heavy (non-hydrogen) atoms. The number of hydrogen-bond donors (Lipinski definition) is 0. The molecule has 0 N–H and O–H groups in total. The second kappa shape index (κ2) is 4.13. The average molecular weight is 229 g/mol. The zero-order valence-electron chi connectivity index (χ0n) is 10.2. The molecule has 0 bridgehead atoms. The molecule has 0 aliphatic heterocycles. The molecule has 88 valence electrons. The molecule has 1 aromatic carbocycles. The van der Waals surface area contributed by atoms with Crippen LogP contribution in [0.4, 0.5) is 0 Å². The molecule has 0 atom stereocenters. The van der Waals surface area contributed by atoms with Crippen molar-refractivity contribution >= 4 is 6.29 Å². The molecule has 4 nitrogen and oxygen atoms in total. The van der Waals surface area contributed by atoms with Crippen LogP contribution in [0.2, 0.25) is 0 Å². The van der Waals surface area contributed by atoms with E-state index in [1.54, 1.807) is 0 Å². The zero-order chi connectivity index (χ0) is 12.5. The molecule has 1 aromatic heterocycles. The molecule has 0 fully saturated rings. The van der Waals surface area contributed by atoms with E-state index >= 15 is 0 Å². The fourth-order valence-corrected chi connectivity index (χ4v) is 1.63. The second-order valence-electron chi connectivity index (χ2n) is 4.99. The van der Waals surface area contributed by atoms with E-state index in [1.165, 1.54) is 16.4 Å². The molecule has 1 heterocycles. The third kappa shape index (κ3) is 2.25. The molecule has 0 amide bonds. The Bertz CT molecular complexity index is 520. The molecule has 0 unspecified atom stereocenters.